The molecular weight excluding hydrogens is 545 g/mol. The summed E-state index contributed by atoms with van der Waals surface area (Å²) in [7, 11) is -2.79. The molecule has 0 aromatic heterocycles. The fourth-order valence-corrected chi connectivity index (χ4v) is 6.41. The third-order valence-corrected chi connectivity index (χ3v) is 9.13. The lowest BCUT2D eigenvalue weighted by atomic mass is 10.1. The van der Waals surface area contributed by atoms with Gasteiger partial charge in [0.2, 0.25) is 11.8 Å². The number of amides is 2. The van der Waals surface area contributed by atoms with Gasteiger partial charge in [-0.05, 0) is 80.8 Å². The van der Waals surface area contributed by atoms with E-state index in [-0.39, 0.29) is 29.1 Å². The molecule has 10 heteroatoms. The predicted octanol–water partition coefficient (Wildman–Crippen LogP) is 4.81. The van der Waals surface area contributed by atoms with Crippen LogP contribution in [-0.2, 0) is 26.2 Å². The Morgan fingerprint density at radius 3 is 2.29 bits per heavy atom. The first-order valence-electron chi connectivity index (χ1n) is 13.7. The zero-order chi connectivity index (χ0) is 29.6. The Morgan fingerprint density at radius 2 is 1.68 bits per heavy atom. The molecular formula is C31H36FN3O5S. The van der Waals surface area contributed by atoms with Crippen LogP contribution in [0.15, 0.2) is 77.7 Å². The molecule has 3 aromatic carbocycles. The van der Waals surface area contributed by atoms with Crippen LogP contribution in [0.1, 0.15) is 43.7 Å². The van der Waals surface area contributed by atoms with Crippen LogP contribution in [0, 0.1) is 12.7 Å². The van der Waals surface area contributed by atoms with Crippen LogP contribution in [-0.4, -0.2) is 50.9 Å². The van der Waals surface area contributed by atoms with Crippen LogP contribution >= 0.6 is 0 Å². The lowest BCUT2D eigenvalue weighted by Crippen LogP contribution is -2.52. The molecule has 1 N–H and O–H groups in total. The van der Waals surface area contributed by atoms with Crippen molar-refractivity contribution in [2.45, 2.75) is 63.1 Å². The van der Waals surface area contributed by atoms with Gasteiger partial charge in [-0.15, -0.1) is 0 Å². The minimum atomic E-state index is -4.26. The summed E-state index contributed by atoms with van der Waals surface area (Å²) in [5.74, 6) is -0.925. The largest absolute Gasteiger partial charge is 0.497 e. The van der Waals surface area contributed by atoms with E-state index in [1.54, 1.807) is 6.92 Å². The Morgan fingerprint density at radius 1 is 1.02 bits per heavy atom. The van der Waals surface area contributed by atoms with Crippen molar-refractivity contribution in [1.29, 1.82) is 0 Å². The van der Waals surface area contributed by atoms with Gasteiger partial charge in [0.15, 0.2) is 0 Å². The van der Waals surface area contributed by atoms with Crippen molar-refractivity contribution in [2.75, 3.05) is 18.0 Å². The molecule has 0 aliphatic heterocycles. The molecule has 0 spiro atoms. The van der Waals surface area contributed by atoms with Crippen molar-refractivity contribution in [2.24, 2.45) is 0 Å². The molecule has 8 nitrogen and oxygen atoms in total. The number of nitrogens with one attached hydrogen (secondary N) is 1. The van der Waals surface area contributed by atoms with E-state index in [0.29, 0.717) is 5.75 Å². The summed E-state index contributed by atoms with van der Waals surface area (Å²) in [6.45, 7) is 3.11. The Hall–Kier alpha value is -3.92. The molecule has 1 saturated carbocycles. The number of hydrogen-bond donors (Lipinski definition) is 1. The van der Waals surface area contributed by atoms with Crippen LogP contribution < -0.4 is 14.4 Å². The van der Waals surface area contributed by atoms with Gasteiger partial charge in [0, 0.05) is 12.6 Å². The first-order chi connectivity index (χ1) is 19.6. The number of rotatable bonds is 11. The predicted molar refractivity (Wildman–Crippen MR) is 156 cm³/mol. The van der Waals surface area contributed by atoms with E-state index in [1.165, 1.54) is 48.4 Å². The molecule has 1 aliphatic rings. The molecule has 0 saturated heterocycles. The van der Waals surface area contributed by atoms with Gasteiger partial charge in [0.1, 0.15) is 24.2 Å². The maximum atomic E-state index is 14.0. The van der Waals surface area contributed by atoms with Gasteiger partial charge in [-0.1, -0.05) is 42.7 Å². The van der Waals surface area contributed by atoms with Gasteiger partial charge >= 0.3 is 0 Å². The van der Waals surface area contributed by atoms with Crippen molar-refractivity contribution >= 4 is 27.5 Å². The zero-order valence-corrected chi connectivity index (χ0v) is 24.4. The number of aryl methyl sites for hydroxylation is 1. The van der Waals surface area contributed by atoms with Gasteiger partial charge < -0.3 is 15.0 Å². The second-order valence-electron chi connectivity index (χ2n) is 10.3. The van der Waals surface area contributed by atoms with Crippen molar-refractivity contribution in [1.82, 2.24) is 10.2 Å². The summed E-state index contributed by atoms with van der Waals surface area (Å²) < 4.78 is 47.6. The number of hydrogen-bond acceptors (Lipinski definition) is 5. The summed E-state index contributed by atoms with van der Waals surface area (Å²) in [5, 5.41) is 3.05. The Balaban J connectivity index is 1.68. The number of benzene rings is 3. The zero-order valence-electron chi connectivity index (χ0n) is 23.5. The normalized spacial score (nSPS) is 14.3. The van der Waals surface area contributed by atoms with Crippen LogP contribution in [0.5, 0.6) is 5.75 Å². The molecule has 0 radical (unpaired) electrons. The van der Waals surface area contributed by atoms with Gasteiger partial charge in [-0.3, -0.25) is 13.9 Å². The average Bonchev–Trinajstić information content (AvgIpc) is 3.48. The van der Waals surface area contributed by atoms with Gasteiger partial charge in [-0.2, -0.15) is 0 Å². The number of ether oxygens (including phenoxy) is 1. The Labute approximate surface area is 241 Å². The molecule has 1 fully saturated rings. The quantitative estimate of drug-likeness (QED) is 0.351. The number of anilines is 1. The highest BCUT2D eigenvalue weighted by molar-refractivity contribution is 7.92. The first kappa shape index (κ1) is 30.0. The standard InChI is InChI=1S/C31H36FN3O5S/c1-22-7-6-8-24(19-22)20-34(23(2)31(37)33-26-9-4-5-10-26)30(36)21-35(27-13-11-25(32)12-14-27)41(38,39)29-17-15-28(40-3)16-18-29/h6-8,11-19,23,26H,4-5,9-10,20-21H2,1-3H3,(H,33,37)/t23-/m1/s1. The summed E-state index contributed by atoms with van der Waals surface area (Å²) >= 11 is 0. The number of methoxy groups -OCH3 is 1. The summed E-state index contributed by atoms with van der Waals surface area (Å²) in [6.07, 6.45) is 3.87. The molecule has 0 unspecified atom stereocenters. The fourth-order valence-electron chi connectivity index (χ4n) is 4.99. The van der Waals surface area contributed by atoms with E-state index in [1.807, 2.05) is 31.2 Å². The van der Waals surface area contributed by atoms with Crippen LogP contribution in [0.4, 0.5) is 10.1 Å². The molecule has 1 atom stereocenters. The molecule has 0 heterocycles. The second kappa shape index (κ2) is 13.2. The highest BCUT2D eigenvalue weighted by atomic mass is 32.2. The molecule has 41 heavy (non-hydrogen) atoms. The third kappa shape index (κ3) is 7.43. The third-order valence-electron chi connectivity index (χ3n) is 7.35. The van der Waals surface area contributed by atoms with Crippen LogP contribution in [0.25, 0.3) is 0 Å². The monoisotopic (exact) mass is 581 g/mol. The topological polar surface area (TPSA) is 96.0 Å². The number of sulfonamides is 1. The Kier molecular flexibility index (Phi) is 9.65. The minimum absolute atomic E-state index is 0.0621. The molecule has 4 rings (SSSR count). The average molecular weight is 582 g/mol. The smallest absolute Gasteiger partial charge is 0.264 e. The van der Waals surface area contributed by atoms with Gasteiger partial charge in [0.25, 0.3) is 10.0 Å². The van der Waals surface area contributed by atoms with Crippen molar-refractivity contribution < 1.29 is 27.1 Å². The molecule has 0 bridgehead atoms. The maximum absolute atomic E-state index is 14.0. The highest BCUT2D eigenvalue weighted by Gasteiger charge is 2.33. The number of carbonyl (C=O) groups is 2. The van der Waals surface area contributed by atoms with E-state index in [4.69, 9.17) is 4.74 Å². The number of carbonyl (C=O) groups excluding carboxylic acids is 2. The van der Waals surface area contributed by atoms with Gasteiger partial charge in [0.05, 0.1) is 17.7 Å². The van der Waals surface area contributed by atoms with Crippen LogP contribution in [0.2, 0.25) is 0 Å². The maximum Gasteiger partial charge on any atom is 0.264 e. The van der Waals surface area contributed by atoms with Crippen LogP contribution in [0.3, 0.4) is 0 Å². The second-order valence-corrected chi connectivity index (χ2v) is 12.2. The van der Waals surface area contributed by atoms with Crippen molar-refractivity contribution in [3.05, 3.63) is 89.7 Å². The van der Waals surface area contributed by atoms with Crippen molar-refractivity contribution in [3.63, 3.8) is 0 Å². The molecule has 218 valence electrons. The summed E-state index contributed by atoms with van der Waals surface area (Å²) in [6, 6.07) is 17.5. The van der Waals surface area contributed by atoms with Gasteiger partial charge in [-0.25, -0.2) is 12.8 Å². The lowest BCUT2D eigenvalue weighted by molar-refractivity contribution is -0.139. The number of halogens is 1. The lowest BCUT2D eigenvalue weighted by Gasteiger charge is -2.32. The van der Waals surface area contributed by atoms with E-state index in [2.05, 4.69) is 5.32 Å². The minimum Gasteiger partial charge on any atom is -0.497 e. The molecule has 1 aliphatic carbocycles. The van der Waals surface area contributed by atoms with E-state index in [9.17, 15) is 22.4 Å². The number of nitrogens with zero attached hydrogens (tertiary/aromatic N) is 2. The SMILES string of the molecule is COc1ccc(S(=O)(=O)N(CC(=O)N(Cc2cccc(C)c2)[C@H](C)C(=O)NC2CCCC2)c2ccc(F)cc2)cc1. The van der Waals surface area contributed by atoms with E-state index in [0.717, 1.165) is 53.2 Å². The van der Waals surface area contributed by atoms with Crippen molar-refractivity contribution in [3.8, 4) is 5.75 Å². The first-order valence-corrected chi connectivity index (χ1v) is 15.1. The summed E-state index contributed by atoms with van der Waals surface area (Å²) in [5.41, 5.74) is 1.92. The molecule has 2 amide bonds. The summed E-state index contributed by atoms with van der Waals surface area (Å²) in [4.78, 5) is 28.6. The highest BCUT2D eigenvalue weighted by Crippen LogP contribution is 2.26. The fraction of sp³-hybridized carbons (Fsp3) is 0.355. The Bertz CT molecular complexity index is 1460. The van der Waals surface area contributed by atoms with E-state index >= 15 is 0 Å². The molecule has 3 aromatic rings. The van der Waals surface area contributed by atoms with E-state index < -0.39 is 34.3 Å².